The van der Waals surface area contributed by atoms with Gasteiger partial charge in [-0.1, -0.05) is 18.2 Å². The standard InChI is InChI=1S/C19H20N6O/c1-13-9-14(2)25(23-13)18-11-20-10-17(22-18)21-12-19(26)24-8-7-15-5-3-4-6-16(15)24/h3-6,9-11H,7-8,12H2,1-2H3,(H,21,22). The minimum atomic E-state index is 0.0215. The molecular formula is C19H20N6O. The predicted octanol–water partition coefficient (Wildman–Crippen LogP) is 2.28. The Morgan fingerprint density at radius 2 is 2.08 bits per heavy atom. The van der Waals surface area contributed by atoms with E-state index in [9.17, 15) is 4.79 Å². The van der Waals surface area contributed by atoms with Gasteiger partial charge in [0.25, 0.3) is 0 Å². The third kappa shape index (κ3) is 3.03. The highest BCUT2D eigenvalue weighted by molar-refractivity contribution is 5.97. The molecule has 1 aliphatic heterocycles. The Bertz CT molecular complexity index is 964. The number of fused-ring (bicyclic) bond motifs is 1. The van der Waals surface area contributed by atoms with E-state index in [1.807, 2.05) is 43.0 Å². The van der Waals surface area contributed by atoms with Crippen molar-refractivity contribution in [3.63, 3.8) is 0 Å². The molecule has 0 bridgehead atoms. The molecule has 4 rings (SSSR count). The molecule has 0 aliphatic carbocycles. The van der Waals surface area contributed by atoms with Crippen LogP contribution in [0.5, 0.6) is 0 Å². The van der Waals surface area contributed by atoms with Crippen LogP contribution in [0.4, 0.5) is 11.5 Å². The van der Waals surface area contributed by atoms with Gasteiger partial charge in [-0.15, -0.1) is 0 Å². The number of benzene rings is 1. The summed E-state index contributed by atoms with van der Waals surface area (Å²) in [7, 11) is 0. The first kappa shape index (κ1) is 16.3. The molecule has 7 heteroatoms. The Hall–Kier alpha value is -3.22. The lowest BCUT2D eigenvalue weighted by molar-refractivity contribution is -0.116. The van der Waals surface area contributed by atoms with Crippen molar-refractivity contribution >= 4 is 17.4 Å². The SMILES string of the molecule is Cc1cc(C)n(-c2cncc(NCC(=O)N3CCc4ccccc43)n2)n1. The van der Waals surface area contributed by atoms with Crippen LogP contribution in [0.25, 0.3) is 5.82 Å². The van der Waals surface area contributed by atoms with E-state index in [1.54, 1.807) is 17.1 Å². The molecule has 1 aliphatic rings. The van der Waals surface area contributed by atoms with Crippen LogP contribution in [-0.4, -0.2) is 38.7 Å². The summed E-state index contributed by atoms with van der Waals surface area (Å²) in [6, 6.07) is 10.0. The number of hydrogen-bond acceptors (Lipinski definition) is 5. The van der Waals surface area contributed by atoms with Gasteiger partial charge in [0.2, 0.25) is 5.91 Å². The number of aromatic nitrogens is 4. The fraction of sp³-hybridized carbons (Fsp3) is 0.263. The topological polar surface area (TPSA) is 75.9 Å². The van der Waals surface area contributed by atoms with Gasteiger partial charge < -0.3 is 10.2 Å². The molecule has 1 amide bonds. The summed E-state index contributed by atoms with van der Waals surface area (Å²) in [5, 5.41) is 7.50. The molecule has 2 aromatic heterocycles. The zero-order valence-corrected chi connectivity index (χ0v) is 14.8. The zero-order chi connectivity index (χ0) is 18.1. The summed E-state index contributed by atoms with van der Waals surface area (Å²) >= 11 is 0. The fourth-order valence-corrected chi connectivity index (χ4v) is 3.26. The molecule has 132 valence electrons. The number of hydrogen-bond donors (Lipinski definition) is 1. The number of amides is 1. The lowest BCUT2D eigenvalue weighted by Crippen LogP contribution is -2.34. The van der Waals surface area contributed by atoms with Crippen LogP contribution < -0.4 is 10.2 Å². The normalized spacial score (nSPS) is 12.9. The first-order valence-corrected chi connectivity index (χ1v) is 8.59. The second kappa shape index (κ2) is 6.59. The highest BCUT2D eigenvalue weighted by atomic mass is 16.2. The number of anilines is 2. The Kier molecular flexibility index (Phi) is 4.12. The van der Waals surface area contributed by atoms with Gasteiger partial charge in [-0.05, 0) is 38.0 Å². The molecule has 0 radical (unpaired) electrons. The maximum atomic E-state index is 12.6. The van der Waals surface area contributed by atoms with Crippen molar-refractivity contribution in [2.75, 3.05) is 23.3 Å². The van der Waals surface area contributed by atoms with Gasteiger partial charge in [-0.3, -0.25) is 9.78 Å². The number of carbonyl (C=O) groups is 1. The van der Waals surface area contributed by atoms with Gasteiger partial charge in [0.1, 0.15) is 5.82 Å². The molecular weight excluding hydrogens is 328 g/mol. The van der Waals surface area contributed by atoms with E-state index in [4.69, 9.17) is 0 Å². The van der Waals surface area contributed by atoms with Gasteiger partial charge in [0.15, 0.2) is 5.82 Å². The molecule has 0 saturated carbocycles. The van der Waals surface area contributed by atoms with Crippen LogP contribution in [0.2, 0.25) is 0 Å². The van der Waals surface area contributed by atoms with Crippen molar-refractivity contribution in [2.45, 2.75) is 20.3 Å². The van der Waals surface area contributed by atoms with Gasteiger partial charge in [-0.2, -0.15) is 5.10 Å². The summed E-state index contributed by atoms with van der Waals surface area (Å²) < 4.78 is 1.74. The molecule has 7 nitrogen and oxygen atoms in total. The lowest BCUT2D eigenvalue weighted by Gasteiger charge is -2.17. The Morgan fingerprint density at radius 1 is 1.23 bits per heavy atom. The minimum Gasteiger partial charge on any atom is -0.360 e. The number of nitrogens with zero attached hydrogens (tertiary/aromatic N) is 5. The Morgan fingerprint density at radius 3 is 2.88 bits per heavy atom. The van der Waals surface area contributed by atoms with Gasteiger partial charge in [-0.25, -0.2) is 9.67 Å². The first-order valence-electron chi connectivity index (χ1n) is 8.59. The van der Waals surface area contributed by atoms with E-state index >= 15 is 0 Å². The summed E-state index contributed by atoms with van der Waals surface area (Å²) in [6.45, 7) is 4.79. The number of carbonyl (C=O) groups excluding carboxylic acids is 1. The van der Waals surface area contributed by atoms with E-state index in [0.29, 0.717) is 11.6 Å². The first-order chi connectivity index (χ1) is 12.6. The summed E-state index contributed by atoms with van der Waals surface area (Å²) in [4.78, 5) is 23.1. The van der Waals surface area contributed by atoms with Crippen molar-refractivity contribution in [2.24, 2.45) is 0 Å². The van der Waals surface area contributed by atoms with E-state index in [0.717, 1.165) is 30.0 Å². The van der Waals surface area contributed by atoms with Gasteiger partial charge in [0, 0.05) is 17.9 Å². The van der Waals surface area contributed by atoms with Crippen molar-refractivity contribution in [3.8, 4) is 5.82 Å². The molecule has 3 aromatic rings. The monoisotopic (exact) mass is 348 g/mol. The second-order valence-corrected chi connectivity index (χ2v) is 6.38. The van der Waals surface area contributed by atoms with Crippen molar-refractivity contribution in [1.82, 2.24) is 19.7 Å². The number of nitrogens with one attached hydrogen (secondary N) is 1. The maximum absolute atomic E-state index is 12.6. The molecule has 0 atom stereocenters. The van der Waals surface area contributed by atoms with Crippen molar-refractivity contribution in [3.05, 3.63) is 59.7 Å². The van der Waals surface area contributed by atoms with Crippen LogP contribution in [0.3, 0.4) is 0 Å². The molecule has 3 heterocycles. The van der Waals surface area contributed by atoms with E-state index in [2.05, 4.69) is 26.4 Å². The molecule has 0 fully saturated rings. The minimum absolute atomic E-state index is 0.0215. The van der Waals surface area contributed by atoms with Crippen LogP contribution in [-0.2, 0) is 11.2 Å². The van der Waals surface area contributed by atoms with Gasteiger partial charge in [0.05, 0.1) is 24.6 Å². The van der Waals surface area contributed by atoms with Crippen LogP contribution in [0.15, 0.2) is 42.7 Å². The second-order valence-electron chi connectivity index (χ2n) is 6.38. The number of aryl methyl sites for hydroxylation is 2. The number of para-hydroxylation sites is 1. The highest BCUT2D eigenvalue weighted by Gasteiger charge is 2.23. The van der Waals surface area contributed by atoms with Gasteiger partial charge >= 0.3 is 0 Å². The quantitative estimate of drug-likeness (QED) is 0.783. The average molecular weight is 348 g/mol. The van der Waals surface area contributed by atoms with Crippen LogP contribution in [0, 0.1) is 13.8 Å². The molecule has 26 heavy (non-hydrogen) atoms. The third-order valence-corrected chi connectivity index (χ3v) is 4.46. The molecule has 1 aromatic carbocycles. The molecule has 0 spiro atoms. The molecule has 0 saturated heterocycles. The largest absolute Gasteiger partial charge is 0.360 e. The van der Waals surface area contributed by atoms with E-state index < -0.39 is 0 Å². The maximum Gasteiger partial charge on any atom is 0.246 e. The van der Waals surface area contributed by atoms with E-state index in [1.165, 1.54) is 5.56 Å². The summed E-state index contributed by atoms with van der Waals surface area (Å²) in [5.41, 5.74) is 4.12. The molecule has 0 unspecified atom stereocenters. The van der Waals surface area contributed by atoms with Crippen LogP contribution >= 0.6 is 0 Å². The smallest absolute Gasteiger partial charge is 0.246 e. The third-order valence-electron chi connectivity index (χ3n) is 4.46. The van der Waals surface area contributed by atoms with Crippen molar-refractivity contribution < 1.29 is 4.79 Å². The van der Waals surface area contributed by atoms with Crippen LogP contribution in [0.1, 0.15) is 17.0 Å². The Balaban J connectivity index is 1.46. The average Bonchev–Trinajstić information content (AvgIpc) is 3.23. The summed E-state index contributed by atoms with van der Waals surface area (Å²) in [6.07, 6.45) is 4.17. The zero-order valence-electron chi connectivity index (χ0n) is 14.8. The lowest BCUT2D eigenvalue weighted by atomic mass is 10.2. The fourth-order valence-electron chi connectivity index (χ4n) is 3.26. The molecule has 1 N–H and O–H groups in total. The summed E-state index contributed by atoms with van der Waals surface area (Å²) in [5.74, 6) is 1.20. The van der Waals surface area contributed by atoms with Crippen molar-refractivity contribution in [1.29, 1.82) is 0 Å². The van der Waals surface area contributed by atoms with E-state index in [-0.39, 0.29) is 12.5 Å². The number of rotatable bonds is 4. The highest BCUT2D eigenvalue weighted by Crippen LogP contribution is 2.27. The predicted molar refractivity (Wildman–Crippen MR) is 99.6 cm³/mol. The Labute approximate surface area is 151 Å².